The van der Waals surface area contributed by atoms with E-state index in [1.54, 1.807) is 0 Å². The van der Waals surface area contributed by atoms with E-state index < -0.39 is 92.5 Å². The van der Waals surface area contributed by atoms with Gasteiger partial charge in [-0.2, -0.15) is 0 Å². The number of ketones is 2. The first-order valence-electron chi connectivity index (χ1n) is 11.1. The van der Waals surface area contributed by atoms with Crippen molar-refractivity contribution in [3.63, 3.8) is 0 Å². The highest BCUT2D eigenvalue weighted by Gasteiger charge is 2.64. The second-order valence-electron chi connectivity index (χ2n) is 9.07. The number of allylic oxidation sites excluding steroid dienone is 2. The minimum absolute atomic E-state index is 0.165. The second-order valence-corrected chi connectivity index (χ2v) is 9.07. The molecule has 2 aliphatic heterocycles. The van der Waals surface area contributed by atoms with Gasteiger partial charge in [0, 0.05) is 11.6 Å². The third-order valence-corrected chi connectivity index (χ3v) is 6.96. The Morgan fingerprint density at radius 2 is 1.61 bits per heavy atom. The van der Waals surface area contributed by atoms with E-state index in [0.717, 1.165) is 13.2 Å². The monoisotopic (exact) mass is 526 g/mol. The lowest BCUT2D eigenvalue weighted by Crippen LogP contribution is -2.58. The molecule has 3 heterocycles. The van der Waals surface area contributed by atoms with Gasteiger partial charge in [0.15, 0.2) is 46.7 Å². The molecule has 1 aromatic heterocycles. The zero-order valence-corrected chi connectivity index (χ0v) is 19.5. The number of aliphatic hydroxyl groups is 3. The van der Waals surface area contributed by atoms with E-state index in [9.17, 15) is 45.0 Å². The van der Waals surface area contributed by atoms with Gasteiger partial charge in [-0.05, 0) is 24.4 Å². The second kappa shape index (κ2) is 7.47. The molecule has 0 bridgehead atoms. The van der Waals surface area contributed by atoms with Gasteiger partial charge in [-0.25, -0.2) is 4.79 Å². The third kappa shape index (κ3) is 2.72. The first-order valence-corrected chi connectivity index (χ1v) is 11.1. The molecule has 2 aromatic carbocycles. The molecule has 3 aliphatic rings. The normalized spacial score (nSPS) is 25.4. The zero-order chi connectivity index (χ0) is 27.4. The number of Topliss-reactive ketones (excluding diaryl/α,β-unsaturated/α-hetero) is 1. The summed E-state index contributed by atoms with van der Waals surface area (Å²) in [6.45, 7) is 1.49. The van der Waals surface area contributed by atoms with Crippen LogP contribution in [0.1, 0.15) is 49.8 Å². The SMILES string of the molecule is COC1=CC(=O)c2c(O)c3c(c(O)c2C1=O)O[C@@]1(Oc2c(cc4cc(C)oc(=O)c4c2O)[C@@H](O)[C@@H]1O)[C@@H]3O. The van der Waals surface area contributed by atoms with E-state index in [0.29, 0.717) is 0 Å². The topological polar surface area (TPSA) is 213 Å². The van der Waals surface area contributed by atoms with Crippen LogP contribution in [0.15, 0.2) is 33.2 Å². The molecule has 13 heteroatoms. The molecular weight excluding hydrogens is 508 g/mol. The number of rotatable bonds is 1. The number of methoxy groups -OCH3 is 1. The molecule has 3 aromatic rings. The Hall–Kier alpha value is -4.59. The molecule has 6 N–H and O–H groups in total. The first-order chi connectivity index (χ1) is 17.9. The quantitative estimate of drug-likeness (QED) is 0.242. The molecule has 4 atom stereocenters. The number of aliphatic hydroxyl groups excluding tert-OH is 3. The highest BCUT2D eigenvalue weighted by molar-refractivity contribution is 6.26. The number of carbonyl (C=O) groups excluding carboxylic acids is 2. The van der Waals surface area contributed by atoms with Crippen molar-refractivity contribution in [2.24, 2.45) is 0 Å². The Morgan fingerprint density at radius 1 is 0.921 bits per heavy atom. The van der Waals surface area contributed by atoms with Crippen LogP contribution in [0.5, 0.6) is 28.7 Å². The van der Waals surface area contributed by atoms with E-state index in [4.69, 9.17) is 18.6 Å². The van der Waals surface area contributed by atoms with E-state index in [-0.39, 0.29) is 22.1 Å². The molecule has 0 saturated carbocycles. The highest BCUT2D eigenvalue weighted by atomic mass is 16.7. The number of hydrogen-bond donors (Lipinski definition) is 6. The van der Waals surface area contributed by atoms with Gasteiger partial charge in [0.25, 0.3) is 0 Å². The van der Waals surface area contributed by atoms with Crippen molar-refractivity contribution in [2.75, 3.05) is 7.11 Å². The lowest BCUT2D eigenvalue weighted by Gasteiger charge is -2.42. The van der Waals surface area contributed by atoms with Crippen LogP contribution in [0.2, 0.25) is 0 Å². The Balaban J connectivity index is 1.56. The number of hydrogen-bond acceptors (Lipinski definition) is 13. The molecule has 13 nitrogen and oxygen atoms in total. The van der Waals surface area contributed by atoms with Gasteiger partial charge >= 0.3 is 11.4 Å². The molecule has 0 unspecified atom stereocenters. The van der Waals surface area contributed by atoms with E-state index >= 15 is 0 Å². The number of benzene rings is 2. The van der Waals surface area contributed by atoms with Crippen molar-refractivity contribution in [3.05, 3.63) is 62.4 Å². The summed E-state index contributed by atoms with van der Waals surface area (Å²) in [5.74, 6) is -8.84. The first kappa shape index (κ1) is 23.8. The fourth-order valence-corrected chi connectivity index (χ4v) is 5.19. The number of fused-ring (bicyclic) bond motifs is 4. The van der Waals surface area contributed by atoms with Gasteiger partial charge in [0.1, 0.15) is 23.0 Å². The van der Waals surface area contributed by atoms with Crippen LogP contribution in [0.3, 0.4) is 0 Å². The standard InChI is InChI=1S/C25H18O13/c1-6-3-7-4-8-15(27)23(33)25(37-20(8)18(30)11(7)24(34)36-6)22(32)14-17(29)12-9(26)5-10(35-2)16(28)13(12)19(31)21(14)38-25/h3-5,15,22-23,27,29-33H,1-2H3/t15-,22-,23+,25+/m1/s1. The van der Waals surface area contributed by atoms with Gasteiger partial charge in [-0.1, -0.05) is 0 Å². The third-order valence-electron chi connectivity index (χ3n) is 6.96. The van der Waals surface area contributed by atoms with Gasteiger partial charge in [-0.15, -0.1) is 0 Å². The van der Waals surface area contributed by atoms with Gasteiger partial charge < -0.3 is 49.3 Å². The molecule has 196 valence electrons. The average Bonchev–Trinajstić information content (AvgIpc) is 3.16. The predicted molar refractivity (Wildman–Crippen MR) is 122 cm³/mol. The number of ether oxygens (including phenoxy) is 3. The van der Waals surface area contributed by atoms with Crippen LogP contribution in [-0.2, 0) is 4.74 Å². The Labute approximate surface area is 211 Å². The number of aromatic hydroxyl groups is 3. The molecule has 6 rings (SSSR count). The molecule has 38 heavy (non-hydrogen) atoms. The minimum atomic E-state index is -2.71. The molecule has 0 saturated heterocycles. The molecule has 1 spiro atoms. The number of phenols is 3. The largest absolute Gasteiger partial charge is 0.507 e. The Morgan fingerprint density at radius 3 is 2.29 bits per heavy atom. The maximum absolute atomic E-state index is 12.8. The molecule has 1 aliphatic carbocycles. The Kier molecular flexibility index (Phi) is 4.68. The van der Waals surface area contributed by atoms with Gasteiger partial charge in [0.05, 0.1) is 23.8 Å². The maximum atomic E-state index is 12.8. The molecule has 0 radical (unpaired) electrons. The summed E-state index contributed by atoms with van der Waals surface area (Å²) in [5, 5.41) is 65.9. The van der Waals surface area contributed by atoms with Crippen molar-refractivity contribution in [1.82, 2.24) is 0 Å². The van der Waals surface area contributed by atoms with Crippen LogP contribution in [0.4, 0.5) is 0 Å². The van der Waals surface area contributed by atoms with Crippen molar-refractivity contribution in [3.8, 4) is 28.7 Å². The van der Waals surface area contributed by atoms with Gasteiger partial charge in [0.2, 0.25) is 5.78 Å². The molecule has 0 fully saturated rings. The van der Waals surface area contributed by atoms with Crippen LogP contribution in [0.25, 0.3) is 10.8 Å². The molecule has 0 amide bonds. The summed E-state index contributed by atoms with van der Waals surface area (Å²) in [6, 6.07) is 2.68. The highest BCUT2D eigenvalue weighted by Crippen LogP contribution is 2.60. The summed E-state index contributed by atoms with van der Waals surface area (Å²) in [5.41, 5.74) is -3.06. The summed E-state index contributed by atoms with van der Waals surface area (Å²) < 4.78 is 21.2. The molecular formula is C25H18O13. The predicted octanol–water partition coefficient (Wildman–Crippen LogP) is 0.737. The minimum Gasteiger partial charge on any atom is -0.507 e. The summed E-state index contributed by atoms with van der Waals surface area (Å²) >= 11 is 0. The Bertz CT molecular complexity index is 1720. The van der Waals surface area contributed by atoms with E-state index in [2.05, 4.69) is 0 Å². The van der Waals surface area contributed by atoms with E-state index in [1.807, 2.05) is 0 Å². The van der Waals surface area contributed by atoms with Crippen molar-refractivity contribution < 1.29 is 58.9 Å². The summed E-state index contributed by atoms with van der Waals surface area (Å²) in [6.07, 6.45) is -5.41. The summed E-state index contributed by atoms with van der Waals surface area (Å²) in [7, 11) is 1.12. The number of aryl methyl sites for hydroxylation is 1. The lowest BCUT2D eigenvalue weighted by atomic mass is 9.85. The average molecular weight is 526 g/mol. The summed E-state index contributed by atoms with van der Waals surface area (Å²) in [4.78, 5) is 37.9. The van der Waals surface area contributed by atoms with Crippen LogP contribution in [-0.4, -0.2) is 61.2 Å². The van der Waals surface area contributed by atoms with Crippen LogP contribution >= 0.6 is 0 Å². The van der Waals surface area contributed by atoms with Crippen molar-refractivity contribution in [1.29, 1.82) is 0 Å². The van der Waals surface area contributed by atoms with E-state index in [1.165, 1.54) is 19.1 Å². The number of carbonyl (C=O) groups is 2. The van der Waals surface area contributed by atoms with Crippen LogP contribution in [0, 0.1) is 6.92 Å². The van der Waals surface area contributed by atoms with Crippen LogP contribution < -0.4 is 15.1 Å². The fourth-order valence-electron chi connectivity index (χ4n) is 5.19. The fraction of sp³-hybridized carbons (Fsp3) is 0.240. The smallest absolute Gasteiger partial charge is 0.347 e. The van der Waals surface area contributed by atoms with Gasteiger partial charge in [-0.3, -0.25) is 9.59 Å². The van der Waals surface area contributed by atoms with Crippen molar-refractivity contribution >= 4 is 22.3 Å². The zero-order valence-electron chi connectivity index (χ0n) is 19.5. The lowest BCUT2D eigenvalue weighted by molar-refractivity contribution is -0.260. The van der Waals surface area contributed by atoms with Crippen molar-refractivity contribution in [2.45, 2.75) is 31.0 Å². The number of phenolic OH excluding ortho intramolecular Hbond substituents is 3. The maximum Gasteiger partial charge on any atom is 0.347 e.